The molecule has 0 fully saturated rings. The van der Waals surface area contributed by atoms with Crippen molar-refractivity contribution >= 4 is 38.6 Å². The Kier molecular flexibility index (Phi) is 6.09. The van der Waals surface area contributed by atoms with Gasteiger partial charge >= 0.3 is 0 Å². The number of nitrogens with one attached hydrogen (secondary N) is 1. The molecule has 0 saturated heterocycles. The molecule has 4 aromatic rings. The molecular weight excluding hydrogens is 456 g/mol. The van der Waals surface area contributed by atoms with E-state index < -0.39 is 0 Å². The number of carbonyl (C=O) groups excluding carboxylic acids is 1. The van der Waals surface area contributed by atoms with Crippen molar-refractivity contribution in [2.75, 3.05) is 5.32 Å². The Morgan fingerprint density at radius 3 is 2.45 bits per heavy atom. The molecule has 0 spiro atoms. The number of hydrogen-bond acceptors (Lipinski definition) is 4. The standard InChI is InChI=1S/C25H23BrN2O3/c1-4-16-13-21(26)23-22(14-16)28-25(31-23)18-5-9-19(10-6-18)27-24(29)17-7-11-20(12-8-17)30-15(2)3/h5-15H,4H2,1-3H3,(H,27,29). The average Bonchev–Trinajstić information content (AvgIpc) is 3.19. The number of halogens is 1. The topological polar surface area (TPSA) is 64.4 Å². The number of rotatable bonds is 6. The number of amides is 1. The van der Waals surface area contributed by atoms with Gasteiger partial charge in [-0.05, 0) is 102 Å². The van der Waals surface area contributed by atoms with E-state index >= 15 is 0 Å². The fourth-order valence-electron chi connectivity index (χ4n) is 3.23. The monoisotopic (exact) mass is 478 g/mol. The minimum absolute atomic E-state index is 0.0919. The molecular formula is C25H23BrN2O3. The van der Waals surface area contributed by atoms with Gasteiger partial charge < -0.3 is 14.5 Å². The van der Waals surface area contributed by atoms with Crippen molar-refractivity contribution in [3.8, 4) is 17.2 Å². The molecule has 0 bridgehead atoms. The van der Waals surface area contributed by atoms with Crippen LogP contribution in [-0.2, 0) is 6.42 Å². The maximum Gasteiger partial charge on any atom is 0.255 e. The molecule has 0 aliphatic rings. The van der Waals surface area contributed by atoms with Crippen LogP contribution in [0.1, 0.15) is 36.7 Å². The maximum atomic E-state index is 12.5. The normalized spacial score (nSPS) is 11.1. The van der Waals surface area contributed by atoms with Crippen molar-refractivity contribution in [2.45, 2.75) is 33.3 Å². The Morgan fingerprint density at radius 2 is 1.81 bits per heavy atom. The van der Waals surface area contributed by atoms with Crippen LogP contribution in [0.2, 0.25) is 0 Å². The summed E-state index contributed by atoms with van der Waals surface area (Å²) in [5, 5.41) is 2.91. The second kappa shape index (κ2) is 8.94. The highest BCUT2D eigenvalue weighted by Gasteiger charge is 2.13. The van der Waals surface area contributed by atoms with Crippen LogP contribution in [0, 0.1) is 0 Å². The zero-order valence-corrected chi connectivity index (χ0v) is 19.2. The van der Waals surface area contributed by atoms with Crippen molar-refractivity contribution in [2.24, 2.45) is 0 Å². The summed E-state index contributed by atoms with van der Waals surface area (Å²) in [4.78, 5) is 17.2. The van der Waals surface area contributed by atoms with Crippen LogP contribution in [0.25, 0.3) is 22.6 Å². The minimum Gasteiger partial charge on any atom is -0.491 e. The minimum atomic E-state index is -0.179. The van der Waals surface area contributed by atoms with E-state index in [0.717, 1.165) is 33.3 Å². The first-order valence-corrected chi connectivity index (χ1v) is 11.0. The summed E-state index contributed by atoms with van der Waals surface area (Å²) in [5.74, 6) is 1.11. The highest BCUT2D eigenvalue weighted by molar-refractivity contribution is 9.10. The predicted octanol–water partition coefficient (Wildman–Crippen LogP) is 6.86. The number of hydrogen-bond donors (Lipinski definition) is 1. The van der Waals surface area contributed by atoms with Gasteiger partial charge in [-0.3, -0.25) is 4.79 Å². The first kappa shape index (κ1) is 21.1. The molecule has 0 aliphatic heterocycles. The van der Waals surface area contributed by atoms with Gasteiger partial charge in [-0.15, -0.1) is 0 Å². The molecule has 0 aliphatic carbocycles. The molecule has 5 nitrogen and oxygen atoms in total. The lowest BCUT2D eigenvalue weighted by Gasteiger charge is -2.10. The molecule has 6 heteroatoms. The second-order valence-electron chi connectivity index (χ2n) is 7.52. The Balaban J connectivity index is 1.49. The quantitative estimate of drug-likeness (QED) is 0.328. The molecule has 158 valence electrons. The third-order valence-electron chi connectivity index (χ3n) is 4.79. The molecule has 0 unspecified atom stereocenters. The van der Waals surface area contributed by atoms with Gasteiger partial charge in [-0.2, -0.15) is 0 Å². The summed E-state index contributed by atoms with van der Waals surface area (Å²) in [7, 11) is 0. The number of fused-ring (bicyclic) bond motifs is 1. The number of nitrogens with zero attached hydrogens (tertiary/aromatic N) is 1. The van der Waals surface area contributed by atoms with E-state index in [-0.39, 0.29) is 12.0 Å². The Morgan fingerprint density at radius 1 is 1.10 bits per heavy atom. The van der Waals surface area contributed by atoms with Crippen molar-refractivity contribution in [1.29, 1.82) is 0 Å². The molecule has 31 heavy (non-hydrogen) atoms. The van der Waals surface area contributed by atoms with Gasteiger partial charge in [-0.25, -0.2) is 4.98 Å². The van der Waals surface area contributed by atoms with Crippen LogP contribution in [0.5, 0.6) is 5.75 Å². The molecule has 0 atom stereocenters. The molecule has 0 saturated carbocycles. The Hall–Kier alpha value is -3.12. The van der Waals surface area contributed by atoms with E-state index in [2.05, 4.69) is 39.2 Å². The number of aryl methyl sites for hydroxylation is 1. The van der Waals surface area contributed by atoms with Gasteiger partial charge in [0.1, 0.15) is 11.3 Å². The van der Waals surface area contributed by atoms with Crippen LogP contribution >= 0.6 is 15.9 Å². The number of oxazole rings is 1. The number of benzene rings is 3. The van der Waals surface area contributed by atoms with Crippen molar-refractivity contribution < 1.29 is 13.9 Å². The van der Waals surface area contributed by atoms with Gasteiger partial charge in [0.15, 0.2) is 5.58 Å². The van der Waals surface area contributed by atoms with E-state index in [0.29, 0.717) is 17.1 Å². The third kappa shape index (κ3) is 4.80. The summed E-state index contributed by atoms with van der Waals surface area (Å²) in [6, 6.07) is 18.6. The fraction of sp³-hybridized carbons (Fsp3) is 0.200. The van der Waals surface area contributed by atoms with Gasteiger partial charge in [-0.1, -0.05) is 6.92 Å². The second-order valence-corrected chi connectivity index (χ2v) is 8.38. The molecule has 1 N–H and O–H groups in total. The smallest absolute Gasteiger partial charge is 0.255 e. The van der Waals surface area contributed by atoms with Crippen LogP contribution in [0.3, 0.4) is 0 Å². The van der Waals surface area contributed by atoms with Crippen molar-refractivity contribution in [1.82, 2.24) is 4.98 Å². The summed E-state index contributed by atoms with van der Waals surface area (Å²) < 4.78 is 12.5. The number of anilines is 1. The summed E-state index contributed by atoms with van der Waals surface area (Å²) in [6.07, 6.45) is 1.02. The lowest BCUT2D eigenvalue weighted by molar-refractivity contribution is 0.102. The highest BCUT2D eigenvalue weighted by atomic mass is 79.9. The lowest BCUT2D eigenvalue weighted by atomic mass is 10.1. The van der Waals surface area contributed by atoms with Gasteiger partial charge in [0, 0.05) is 16.8 Å². The van der Waals surface area contributed by atoms with E-state index in [1.807, 2.05) is 44.2 Å². The highest BCUT2D eigenvalue weighted by Crippen LogP contribution is 2.31. The molecule has 3 aromatic carbocycles. The largest absolute Gasteiger partial charge is 0.491 e. The average molecular weight is 479 g/mol. The van der Waals surface area contributed by atoms with Crippen LogP contribution in [0.15, 0.2) is 69.6 Å². The zero-order valence-electron chi connectivity index (χ0n) is 17.6. The van der Waals surface area contributed by atoms with Crippen molar-refractivity contribution in [3.63, 3.8) is 0 Å². The Bertz CT molecular complexity index is 1210. The van der Waals surface area contributed by atoms with Crippen LogP contribution in [-0.4, -0.2) is 17.0 Å². The molecule has 1 heterocycles. The molecule has 4 rings (SSSR count). The zero-order chi connectivity index (χ0) is 22.0. The first-order valence-electron chi connectivity index (χ1n) is 10.2. The predicted molar refractivity (Wildman–Crippen MR) is 127 cm³/mol. The summed E-state index contributed by atoms with van der Waals surface area (Å²) in [6.45, 7) is 6.04. The van der Waals surface area contributed by atoms with Gasteiger partial charge in [0.25, 0.3) is 5.91 Å². The fourth-order valence-corrected chi connectivity index (χ4v) is 3.81. The first-order chi connectivity index (χ1) is 14.9. The number of aromatic nitrogens is 1. The maximum absolute atomic E-state index is 12.5. The van der Waals surface area contributed by atoms with Gasteiger partial charge in [0.05, 0.1) is 10.6 Å². The SMILES string of the molecule is CCc1cc(Br)c2oc(-c3ccc(NC(=O)c4ccc(OC(C)C)cc4)cc3)nc2c1. The van der Waals surface area contributed by atoms with Crippen LogP contribution < -0.4 is 10.1 Å². The van der Waals surface area contributed by atoms with Crippen molar-refractivity contribution in [3.05, 3.63) is 76.3 Å². The van der Waals surface area contributed by atoms with E-state index in [1.54, 1.807) is 24.3 Å². The third-order valence-corrected chi connectivity index (χ3v) is 5.38. The molecule has 0 radical (unpaired) electrons. The Labute approximate surface area is 189 Å². The van der Waals surface area contributed by atoms with E-state index in [4.69, 9.17) is 9.15 Å². The van der Waals surface area contributed by atoms with E-state index in [1.165, 1.54) is 5.56 Å². The molecule has 1 aromatic heterocycles. The molecule has 1 amide bonds. The summed E-state index contributed by atoms with van der Waals surface area (Å²) >= 11 is 3.56. The lowest BCUT2D eigenvalue weighted by Crippen LogP contribution is -2.12. The van der Waals surface area contributed by atoms with Crippen LogP contribution in [0.4, 0.5) is 5.69 Å². The van der Waals surface area contributed by atoms with Gasteiger partial charge in [0.2, 0.25) is 5.89 Å². The van der Waals surface area contributed by atoms with E-state index in [9.17, 15) is 4.79 Å². The number of carbonyl (C=O) groups is 1. The number of ether oxygens (including phenoxy) is 1. The summed E-state index contributed by atoms with van der Waals surface area (Å²) in [5.41, 5.74) is 4.85.